The second kappa shape index (κ2) is 10.9. The molecule has 0 radical (unpaired) electrons. The number of hydrogen-bond donors (Lipinski definition) is 1. The SMILES string of the molecule is COc1ccc(C(=O)c2cn(CC(=O)Nc3cccc(OC)c3)c3cc(OC)c(OC)cc3c2=O)cc1. The van der Waals surface area contributed by atoms with Gasteiger partial charge in [0.05, 0.1) is 44.9 Å². The summed E-state index contributed by atoms with van der Waals surface area (Å²) >= 11 is 0. The Morgan fingerprint density at radius 2 is 1.49 bits per heavy atom. The zero-order chi connectivity index (χ0) is 26.5. The van der Waals surface area contributed by atoms with Gasteiger partial charge in [-0.15, -0.1) is 0 Å². The molecule has 3 aromatic carbocycles. The highest BCUT2D eigenvalue weighted by Gasteiger charge is 2.20. The zero-order valence-electron chi connectivity index (χ0n) is 20.9. The van der Waals surface area contributed by atoms with E-state index in [1.165, 1.54) is 40.7 Å². The molecule has 0 spiro atoms. The molecule has 9 heteroatoms. The topological polar surface area (TPSA) is 105 Å². The molecule has 0 unspecified atom stereocenters. The lowest BCUT2D eigenvalue weighted by atomic mass is 10.0. The number of methoxy groups -OCH3 is 4. The van der Waals surface area contributed by atoms with Gasteiger partial charge in [0.25, 0.3) is 0 Å². The highest BCUT2D eigenvalue weighted by Crippen LogP contribution is 2.31. The summed E-state index contributed by atoms with van der Waals surface area (Å²) in [6.07, 6.45) is 1.40. The van der Waals surface area contributed by atoms with E-state index in [9.17, 15) is 14.4 Å². The number of rotatable bonds is 9. The third-order valence-electron chi connectivity index (χ3n) is 5.85. The molecule has 190 valence electrons. The van der Waals surface area contributed by atoms with E-state index in [0.717, 1.165) is 0 Å². The zero-order valence-corrected chi connectivity index (χ0v) is 20.9. The molecule has 0 aliphatic rings. The Morgan fingerprint density at radius 3 is 2.14 bits per heavy atom. The number of amides is 1. The molecule has 9 nitrogen and oxygen atoms in total. The Kier molecular flexibility index (Phi) is 7.43. The van der Waals surface area contributed by atoms with Crippen molar-refractivity contribution in [1.82, 2.24) is 4.57 Å². The molecule has 1 N–H and O–H groups in total. The molecule has 4 aromatic rings. The van der Waals surface area contributed by atoms with E-state index < -0.39 is 11.2 Å². The monoisotopic (exact) mass is 502 g/mol. The summed E-state index contributed by atoms with van der Waals surface area (Å²) in [4.78, 5) is 39.8. The highest BCUT2D eigenvalue weighted by molar-refractivity contribution is 6.10. The van der Waals surface area contributed by atoms with Crippen LogP contribution in [0.25, 0.3) is 10.9 Å². The lowest BCUT2D eigenvalue weighted by Crippen LogP contribution is -2.24. The fourth-order valence-electron chi connectivity index (χ4n) is 3.96. The Hall–Kier alpha value is -4.79. The van der Waals surface area contributed by atoms with Crippen molar-refractivity contribution in [1.29, 1.82) is 0 Å². The van der Waals surface area contributed by atoms with E-state index in [2.05, 4.69) is 5.32 Å². The maximum Gasteiger partial charge on any atom is 0.244 e. The number of fused-ring (bicyclic) bond motifs is 1. The van der Waals surface area contributed by atoms with Crippen molar-refractivity contribution in [2.75, 3.05) is 33.8 Å². The van der Waals surface area contributed by atoms with E-state index in [1.807, 2.05) is 0 Å². The second-order valence-corrected chi connectivity index (χ2v) is 8.06. The molecule has 37 heavy (non-hydrogen) atoms. The number of carbonyl (C=O) groups excluding carboxylic acids is 2. The number of ketones is 1. The normalized spacial score (nSPS) is 10.6. The van der Waals surface area contributed by atoms with Crippen molar-refractivity contribution < 1.29 is 28.5 Å². The van der Waals surface area contributed by atoms with Crippen molar-refractivity contribution in [3.8, 4) is 23.0 Å². The number of ether oxygens (including phenoxy) is 4. The Morgan fingerprint density at radius 1 is 0.811 bits per heavy atom. The molecule has 0 atom stereocenters. The minimum absolute atomic E-state index is 0.0842. The average Bonchev–Trinajstić information content (AvgIpc) is 2.93. The van der Waals surface area contributed by atoms with Gasteiger partial charge in [-0.3, -0.25) is 14.4 Å². The first-order valence-electron chi connectivity index (χ1n) is 11.3. The Balaban J connectivity index is 1.81. The van der Waals surface area contributed by atoms with Crippen LogP contribution in [0.1, 0.15) is 15.9 Å². The van der Waals surface area contributed by atoms with Gasteiger partial charge in [-0.2, -0.15) is 0 Å². The molecule has 0 saturated heterocycles. The Labute approximate surface area is 213 Å². The van der Waals surface area contributed by atoms with Crippen LogP contribution in [0.15, 0.2) is 71.7 Å². The van der Waals surface area contributed by atoms with Crippen LogP contribution in [0, 0.1) is 0 Å². The quantitative estimate of drug-likeness (QED) is 0.346. The van der Waals surface area contributed by atoms with Gasteiger partial charge in [-0.05, 0) is 42.5 Å². The summed E-state index contributed by atoms with van der Waals surface area (Å²) in [6, 6.07) is 16.5. The summed E-state index contributed by atoms with van der Waals surface area (Å²) < 4.78 is 22.7. The molecule has 4 rings (SSSR count). The van der Waals surface area contributed by atoms with E-state index >= 15 is 0 Å². The molecule has 1 aromatic heterocycles. The fourth-order valence-corrected chi connectivity index (χ4v) is 3.96. The van der Waals surface area contributed by atoms with Crippen molar-refractivity contribution in [3.05, 3.63) is 88.2 Å². The first-order valence-corrected chi connectivity index (χ1v) is 11.3. The van der Waals surface area contributed by atoms with Crippen molar-refractivity contribution >= 4 is 28.3 Å². The maximum atomic E-state index is 13.5. The van der Waals surface area contributed by atoms with E-state index in [1.54, 1.807) is 59.2 Å². The smallest absolute Gasteiger partial charge is 0.244 e. The van der Waals surface area contributed by atoms with Crippen molar-refractivity contribution in [2.45, 2.75) is 6.54 Å². The van der Waals surface area contributed by atoms with Gasteiger partial charge in [0.2, 0.25) is 11.3 Å². The van der Waals surface area contributed by atoms with Gasteiger partial charge in [-0.25, -0.2) is 0 Å². The molecule has 1 heterocycles. The van der Waals surface area contributed by atoms with Crippen LogP contribution < -0.4 is 29.7 Å². The van der Waals surface area contributed by atoms with E-state index in [0.29, 0.717) is 39.8 Å². The van der Waals surface area contributed by atoms with Gasteiger partial charge >= 0.3 is 0 Å². The third kappa shape index (κ3) is 5.25. The first kappa shape index (κ1) is 25.3. The average molecular weight is 503 g/mol. The fraction of sp³-hybridized carbons (Fsp3) is 0.179. The molecular weight excluding hydrogens is 476 g/mol. The molecule has 0 saturated carbocycles. The summed E-state index contributed by atoms with van der Waals surface area (Å²) in [6.45, 7) is -0.174. The highest BCUT2D eigenvalue weighted by atomic mass is 16.5. The van der Waals surface area contributed by atoms with Crippen LogP contribution in [-0.4, -0.2) is 44.7 Å². The number of hydrogen-bond acceptors (Lipinski definition) is 7. The minimum atomic E-state index is -0.485. The molecular formula is C28H26N2O7. The van der Waals surface area contributed by atoms with Gasteiger partial charge in [0.15, 0.2) is 17.3 Å². The summed E-state index contributed by atoms with van der Waals surface area (Å²) in [5.41, 5.74) is 0.698. The largest absolute Gasteiger partial charge is 0.497 e. The number of nitrogens with one attached hydrogen (secondary N) is 1. The van der Waals surface area contributed by atoms with Gasteiger partial charge < -0.3 is 28.8 Å². The number of carbonyl (C=O) groups is 2. The number of aromatic nitrogens is 1. The second-order valence-electron chi connectivity index (χ2n) is 8.06. The lowest BCUT2D eigenvalue weighted by Gasteiger charge is -2.16. The molecule has 0 fully saturated rings. The van der Waals surface area contributed by atoms with Crippen LogP contribution in [0.5, 0.6) is 23.0 Å². The van der Waals surface area contributed by atoms with Crippen LogP contribution in [0.4, 0.5) is 5.69 Å². The molecule has 0 bridgehead atoms. The van der Waals surface area contributed by atoms with Crippen LogP contribution in [0.3, 0.4) is 0 Å². The molecule has 0 aliphatic heterocycles. The molecule has 0 aliphatic carbocycles. The van der Waals surface area contributed by atoms with Gasteiger partial charge in [0, 0.05) is 29.6 Å². The minimum Gasteiger partial charge on any atom is -0.497 e. The van der Waals surface area contributed by atoms with E-state index in [4.69, 9.17) is 18.9 Å². The third-order valence-corrected chi connectivity index (χ3v) is 5.85. The van der Waals surface area contributed by atoms with Crippen molar-refractivity contribution in [3.63, 3.8) is 0 Å². The lowest BCUT2D eigenvalue weighted by molar-refractivity contribution is -0.116. The maximum absolute atomic E-state index is 13.5. The standard InChI is InChI=1S/C28H26N2O7/c1-34-19-10-8-17(9-11-19)27(32)22-15-30(16-26(31)29-18-6-5-7-20(12-18)35-2)23-14-25(37-4)24(36-3)13-21(23)28(22)33/h5-15H,16H2,1-4H3,(H,29,31). The van der Waals surface area contributed by atoms with Gasteiger partial charge in [0.1, 0.15) is 18.0 Å². The predicted octanol–water partition coefficient (Wildman–Crippen LogP) is 3.91. The van der Waals surface area contributed by atoms with Crippen molar-refractivity contribution in [2.24, 2.45) is 0 Å². The predicted molar refractivity (Wildman–Crippen MR) is 139 cm³/mol. The van der Waals surface area contributed by atoms with Crippen LogP contribution in [-0.2, 0) is 11.3 Å². The number of benzene rings is 3. The number of pyridine rings is 1. The summed E-state index contributed by atoms with van der Waals surface area (Å²) in [7, 11) is 5.99. The number of anilines is 1. The Bertz CT molecular complexity index is 1520. The van der Waals surface area contributed by atoms with Crippen LogP contribution >= 0.6 is 0 Å². The first-order chi connectivity index (χ1) is 17.9. The molecule has 1 amide bonds. The van der Waals surface area contributed by atoms with Crippen LogP contribution in [0.2, 0.25) is 0 Å². The summed E-state index contributed by atoms with van der Waals surface area (Å²) in [5, 5.41) is 3.03. The van der Waals surface area contributed by atoms with Gasteiger partial charge in [-0.1, -0.05) is 6.07 Å². The van der Waals surface area contributed by atoms with E-state index in [-0.39, 0.29) is 23.4 Å². The summed E-state index contributed by atoms with van der Waals surface area (Å²) in [5.74, 6) is 1.04. The number of nitrogens with zero attached hydrogens (tertiary/aromatic N) is 1.